The third kappa shape index (κ3) is 4.08. The van der Waals surface area contributed by atoms with Crippen LogP contribution in [0.4, 0.5) is 10.1 Å². The van der Waals surface area contributed by atoms with Gasteiger partial charge in [-0.25, -0.2) is 4.39 Å². The molecule has 0 heterocycles. The zero-order valence-electron chi connectivity index (χ0n) is 9.33. The van der Waals surface area contributed by atoms with E-state index in [4.69, 9.17) is 22.7 Å². The van der Waals surface area contributed by atoms with Crippen molar-refractivity contribution in [3.05, 3.63) is 29.6 Å². The second-order valence-electron chi connectivity index (χ2n) is 3.24. The van der Waals surface area contributed by atoms with Crippen LogP contribution in [0.25, 0.3) is 0 Å². The number of nitrogens with one attached hydrogen (secondary N) is 1. The molecule has 1 aromatic rings. The first-order valence-electron chi connectivity index (χ1n) is 5.01. The lowest BCUT2D eigenvalue weighted by Gasteiger charge is -2.07. The van der Waals surface area contributed by atoms with Crippen LogP contribution >= 0.6 is 12.2 Å². The fourth-order valence-electron chi connectivity index (χ4n) is 1.15. The zero-order valence-corrected chi connectivity index (χ0v) is 10.1. The smallest absolute Gasteiger partial charge is 0.250 e. The number of halogens is 1. The zero-order chi connectivity index (χ0) is 12.8. The van der Waals surface area contributed by atoms with Crippen molar-refractivity contribution >= 4 is 28.8 Å². The molecule has 17 heavy (non-hydrogen) atoms. The van der Waals surface area contributed by atoms with E-state index in [9.17, 15) is 9.18 Å². The number of carbonyl (C=O) groups is 1. The lowest BCUT2D eigenvalue weighted by Crippen LogP contribution is -2.19. The third-order valence-corrected chi connectivity index (χ3v) is 2.20. The molecule has 0 bridgehead atoms. The number of thiocarbonyl (C=S) groups is 1. The predicted octanol–water partition coefficient (Wildman–Crippen LogP) is 1.43. The molecule has 1 aromatic carbocycles. The van der Waals surface area contributed by atoms with Crippen LogP contribution in [-0.2, 0) is 9.53 Å². The highest BCUT2D eigenvalue weighted by atomic mass is 32.1. The summed E-state index contributed by atoms with van der Waals surface area (Å²) in [4.78, 5) is 11.4. The quantitative estimate of drug-likeness (QED) is 0.782. The lowest BCUT2D eigenvalue weighted by molar-refractivity contribution is -0.120. The summed E-state index contributed by atoms with van der Waals surface area (Å²) in [5.41, 5.74) is 5.85. The van der Waals surface area contributed by atoms with Crippen molar-refractivity contribution in [2.24, 2.45) is 5.73 Å². The van der Waals surface area contributed by atoms with Crippen molar-refractivity contribution in [2.75, 3.05) is 18.5 Å². The number of amides is 1. The molecule has 1 rings (SSSR count). The van der Waals surface area contributed by atoms with Crippen LogP contribution in [0.3, 0.4) is 0 Å². The first kappa shape index (κ1) is 13.5. The maximum absolute atomic E-state index is 13.5. The van der Waals surface area contributed by atoms with Gasteiger partial charge in [-0.3, -0.25) is 4.79 Å². The van der Waals surface area contributed by atoms with E-state index >= 15 is 0 Å². The van der Waals surface area contributed by atoms with Gasteiger partial charge in [0.05, 0.1) is 5.69 Å². The molecule has 0 atom stereocenters. The molecule has 3 N–H and O–H groups in total. The summed E-state index contributed by atoms with van der Waals surface area (Å²) in [5, 5.41) is 2.39. The van der Waals surface area contributed by atoms with E-state index in [1.807, 2.05) is 0 Å². The molecule has 6 heteroatoms. The second kappa shape index (κ2) is 6.27. The Hall–Kier alpha value is -1.53. The minimum absolute atomic E-state index is 0.0784. The van der Waals surface area contributed by atoms with Crippen LogP contribution in [0.2, 0.25) is 0 Å². The van der Waals surface area contributed by atoms with Crippen molar-refractivity contribution < 1.29 is 13.9 Å². The number of anilines is 1. The van der Waals surface area contributed by atoms with Gasteiger partial charge in [-0.1, -0.05) is 12.2 Å². The molecule has 0 unspecified atom stereocenters. The number of nitrogens with two attached hydrogens (primary N) is 1. The molecule has 92 valence electrons. The molecule has 4 nitrogen and oxygen atoms in total. The minimum atomic E-state index is -0.583. The van der Waals surface area contributed by atoms with Crippen molar-refractivity contribution in [1.82, 2.24) is 0 Å². The number of rotatable bonds is 5. The summed E-state index contributed by atoms with van der Waals surface area (Å²) in [6, 6.07) is 4.13. The molecule has 0 aromatic heterocycles. The monoisotopic (exact) mass is 256 g/mol. The van der Waals surface area contributed by atoms with Gasteiger partial charge < -0.3 is 15.8 Å². The van der Waals surface area contributed by atoms with E-state index in [1.165, 1.54) is 12.1 Å². The number of ether oxygens (including phenoxy) is 1. The topological polar surface area (TPSA) is 64.3 Å². The fraction of sp³-hybridized carbons (Fsp3) is 0.273. The van der Waals surface area contributed by atoms with Crippen molar-refractivity contribution in [1.29, 1.82) is 0 Å². The Kier molecular flexibility index (Phi) is 4.99. The molecule has 1 amide bonds. The van der Waals surface area contributed by atoms with Crippen LogP contribution in [0.1, 0.15) is 12.5 Å². The van der Waals surface area contributed by atoms with Gasteiger partial charge in [0, 0.05) is 12.2 Å². The molecule has 0 radical (unpaired) electrons. The average molecular weight is 256 g/mol. The molecule has 0 spiro atoms. The Morgan fingerprint density at radius 2 is 2.29 bits per heavy atom. The molecular formula is C11H13FN2O2S. The lowest BCUT2D eigenvalue weighted by atomic mass is 10.2. The van der Waals surface area contributed by atoms with Crippen LogP contribution in [0, 0.1) is 5.82 Å². The van der Waals surface area contributed by atoms with E-state index < -0.39 is 11.7 Å². The predicted molar refractivity (Wildman–Crippen MR) is 67.4 cm³/mol. The van der Waals surface area contributed by atoms with Gasteiger partial charge >= 0.3 is 0 Å². The first-order chi connectivity index (χ1) is 8.04. The Balaban J connectivity index is 2.72. The van der Waals surface area contributed by atoms with Crippen LogP contribution in [0.15, 0.2) is 18.2 Å². The van der Waals surface area contributed by atoms with Crippen LogP contribution < -0.4 is 11.1 Å². The standard InChI is InChI=1S/C11H13FN2O2S/c1-2-16-6-10(15)14-9-4-3-7(11(13)17)5-8(9)12/h3-5H,2,6H2,1H3,(H2,13,17)(H,14,15). The van der Waals surface area contributed by atoms with Crippen molar-refractivity contribution in [3.63, 3.8) is 0 Å². The van der Waals surface area contributed by atoms with Crippen LogP contribution in [0.5, 0.6) is 0 Å². The minimum Gasteiger partial charge on any atom is -0.389 e. The largest absolute Gasteiger partial charge is 0.389 e. The third-order valence-electron chi connectivity index (χ3n) is 1.96. The fourth-order valence-corrected chi connectivity index (χ4v) is 1.28. The van der Waals surface area contributed by atoms with Gasteiger partial charge in [-0.15, -0.1) is 0 Å². The van der Waals surface area contributed by atoms with E-state index in [1.54, 1.807) is 13.0 Å². The highest BCUT2D eigenvalue weighted by Gasteiger charge is 2.08. The van der Waals surface area contributed by atoms with Crippen molar-refractivity contribution in [3.8, 4) is 0 Å². The van der Waals surface area contributed by atoms with Gasteiger partial charge in [0.2, 0.25) is 5.91 Å². The molecular weight excluding hydrogens is 243 g/mol. The maximum atomic E-state index is 13.5. The Bertz CT molecular complexity index is 437. The first-order valence-corrected chi connectivity index (χ1v) is 5.42. The normalized spacial score (nSPS) is 10.0. The molecule has 0 saturated heterocycles. The molecule has 0 aliphatic carbocycles. The molecule has 0 fully saturated rings. The van der Waals surface area contributed by atoms with E-state index in [2.05, 4.69) is 5.32 Å². The Morgan fingerprint density at radius 1 is 1.59 bits per heavy atom. The summed E-state index contributed by atoms with van der Waals surface area (Å²) in [5.74, 6) is -0.992. The van der Waals surface area contributed by atoms with Gasteiger partial charge in [0.15, 0.2) is 0 Å². The number of benzene rings is 1. The summed E-state index contributed by atoms with van der Waals surface area (Å²) in [6.45, 7) is 2.09. The van der Waals surface area contributed by atoms with E-state index in [0.29, 0.717) is 12.2 Å². The van der Waals surface area contributed by atoms with Gasteiger partial charge in [0.1, 0.15) is 17.4 Å². The molecule has 0 saturated carbocycles. The summed E-state index contributed by atoms with van der Waals surface area (Å²) in [7, 11) is 0. The van der Waals surface area contributed by atoms with E-state index in [-0.39, 0.29) is 17.3 Å². The SMILES string of the molecule is CCOCC(=O)Nc1ccc(C(N)=S)cc1F. The van der Waals surface area contributed by atoms with E-state index in [0.717, 1.165) is 0 Å². The average Bonchev–Trinajstić information content (AvgIpc) is 2.28. The van der Waals surface area contributed by atoms with Crippen molar-refractivity contribution in [2.45, 2.75) is 6.92 Å². The van der Waals surface area contributed by atoms with Crippen LogP contribution in [-0.4, -0.2) is 24.1 Å². The highest BCUT2D eigenvalue weighted by Crippen LogP contribution is 2.15. The number of hydrogen-bond acceptors (Lipinski definition) is 3. The number of hydrogen-bond donors (Lipinski definition) is 2. The summed E-state index contributed by atoms with van der Waals surface area (Å²) < 4.78 is 18.4. The number of carbonyl (C=O) groups excluding carboxylic acids is 1. The van der Waals surface area contributed by atoms with Gasteiger partial charge in [-0.05, 0) is 25.1 Å². The second-order valence-corrected chi connectivity index (χ2v) is 3.68. The van der Waals surface area contributed by atoms with Gasteiger partial charge in [-0.2, -0.15) is 0 Å². The van der Waals surface area contributed by atoms with Gasteiger partial charge in [0.25, 0.3) is 0 Å². The molecule has 0 aliphatic rings. The summed E-state index contributed by atoms with van der Waals surface area (Å²) >= 11 is 4.71. The highest BCUT2D eigenvalue weighted by molar-refractivity contribution is 7.80. The Labute approximate surface area is 104 Å². The molecule has 0 aliphatic heterocycles. The maximum Gasteiger partial charge on any atom is 0.250 e. The Morgan fingerprint density at radius 3 is 2.82 bits per heavy atom. The summed E-state index contributed by atoms with van der Waals surface area (Å²) in [6.07, 6.45) is 0.